The summed E-state index contributed by atoms with van der Waals surface area (Å²) in [6.45, 7) is 3.84. The monoisotopic (exact) mass is 329 g/mol. The van der Waals surface area contributed by atoms with Crippen LogP contribution >= 0.6 is 11.6 Å². The number of hydrogen-bond acceptors (Lipinski definition) is 2. The molecule has 0 radical (unpaired) electrons. The third-order valence-corrected chi connectivity index (χ3v) is 3.95. The molecule has 3 rings (SSSR count). The van der Waals surface area contributed by atoms with E-state index in [1.807, 2.05) is 32.0 Å². The number of benzene rings is 2. The normalized spacial score (nSPS) is 11.0. The predicted octanol–water partition coefficient (Wildman–Crippen LogP) is 5.01. The second kappa shape index (κ2) is 5.63. The summed E-state index contributed by atoms with van der Waals surface area (Å²) in [5.41, 5.74) is 3.15. The van der Waals surface area contributed by atoms with Crippen molar-refractivity contribution in [2.45, 2.75) is 13.8 Å². The van der Waals surface area contributed by atoms with Crippen LogP contribution in [0.1, 0.15) is 21.5 Å². The lowest BCUT2D eigenvalue weighted by molar-refractivity contribution is 0.0699. The number of hydrogen-bond donors (Lipinski definition) is 1. The summed E-state index contributed by atoms with van der Waals surface area (Å²) in [5, 5.41) is 9.80. The third-order valence-electron chi connectivity index (χ3n) is 3.73. The van der Waals surface area contributed by atoms with Crippen LogP contribution in [0, 0.1) is 19.7 Å². The molecule has 1 N–H and O–H groups in total. The van der Waals surface area contributed by atoms with Crippen LogP contribution in [0.25, 0.3) is 22.2 Å². The summed E-state index contributed by atoms with van der Waals surface area (Å²) in [6.07, 6.45) is 0. The van der Waals surface area contributed by atoms with Crippen LogP contribution in [-0.2, 0) is 0 Å². The highest BCUT2D eigenvalue weighted by atomic mass is 35.5. The number of nitrogens with zero attached hydrogens (tertiary/aromatic N) is 1. The highest BCUT2D eigenvalue weighted by Gasteiger charge is 2.17. The summed E-state index contributed by atoms with van der Waals surface area (Å²) in [7, 11) is 0. The Kier molecular flexibility index (Phi) is 3.78. The predicted molar refractivity (Wildman–Crippen MR) is 88.6 cm³/mol. The zero-order chi connectivity index (χ0) is 16.7. The van der Waals surface area contributed by atoms with Crippen molar-refractivity contribution in [1.29, 1.82) is 0 Å². The zero-order valence-corrected chi connectivity index (χ0v) is 13.3. The van der Waals surface area contributed by atoms with Crippen LogP contribution in [-0.4, -0.2) is 16.1 Å². The zero-order valence-electron chi connectivity index (χ0n) is 12.5. The van der Waals surface area contributed by atoms with Gasteiger partial charge in [0, 0.05) is 16.0 Å². The molecule has 3 nitrogen and oxygen atoms in total. The van der Waals surface area contributed by atoms with Crippen molar-refractivity contribution in [2.24, 2.45) is 0 Å². The molecule has 116 valence electrons. The molecule has 0 spiro atoms. The Morgan fingerprint density at radius 2 is 1.91 bits per heavy atom. The average Bonchev–Trinajstić information content (AvgIpc) is 2.48. The number of carboxylic acids is 1. The van der Waals surface area contributed by atoms with Gasteiger partial charge in [-0.15, -0.1) is 0 Å². The molecule has 0 atom stereocenters. The minimum absolute atomic E-state index is 0.00482. The van der Waals surface area contributed by atoms with Gasteiger partial charge in [-0.2, -0.15) is 0 Å². The molecule has 0 aliphatic rings. The van der Waals surface area contributed by atoms with E-state index < -0.39 is 11.8 Å². The molecule has 0 unspecified atom stereocenters. The van der Waals surface area contributed by atoms with Crippen LogP contribution in [0.2, 0.25) is 5.02 Å². The van der Waals surface area contributed by atoms with Crippen molar-refractivity contribution < 1.29 is 14.3 Å². The van der Waals surface area contributed by atoms with E-state index in [1.54, 1.807) is 0 Å². The fraction of sp³-hybridized carbons (Fsp3) is 0.111. The Morgan fingerprint density at radius 3 is 2.61 bits per heavy atom. The molecule has 0 saturated heterocycles. The number of rotatable bonds is 2. The van der Waals surface area contributed by atoms with E-state index in [-0.39, 0.29) is 21.5 Å². The summed E-state index contributed by atoms with van der Waals surface area (Å²) < 4.78 is 14.2. The van der Waals surface area contributed by atoms with Crippen molar-refractivity contribution in [2.75, 3.05) is 0 Å². The van der Waals surface area contributed by atoms with Gasteiger partial charge in [-0.1, -0.05) is 29.3 Å². The summed E-state index contributed by atoms with van der Waals surface area (Å²) in [5.74, 6) is -1.78. The van der Waals surface area contributed by atoms with E-state index >= 15 is 0 Å². The van der Waals surface area contributed by atoms with E-state index in [4.69, 9.17) is 11.6 Å². The lowest BCUT2D eigenvalue weighted by Gasteiger charge is -2.11. The van der Waals surface area contributed by atoms with E-state index in [1.165, 1.54) is 12.1 Å². The minimum atomic E-state index is -1.15. The molecular weight excluding hydrogens is 317 g/mol. The molecule has 0 saturated carbocycles. The number of fused-ring (bicyclic) bond motifs is 1. The fourth-order valence-corrected chi connectivity index (χ4v) is 2.78. The van der Waals surface area contributed by atoms with Crippen LogP contribution in [0.3, 0.4) is 0 Å². The van der Waals surface area contributed by atoms with Crippen LogP contribution in [0.5, 0.6) is 0 Å². The Balaban J connectivity index is 2.40. The number of aromatic nitrogens is 1. The Bertz CT molecular complexity index is 953. The largest absolute Gasteiger partial charge is 0.478 e. The van der Waals surface area contributed by atoms with Gasteiger partial charge in [0.2, 0.25) is 0 Å². The lowest BCUT2D eigenvalue weighted by atomic mass is 9.99. The second-order valence-electron chi connectivity index (χ2n) is 5.46. The Morgan fingerprint density at radius 1 is 1.17 bits per heavy atom. The fourth-order valence-electron chi connectivity index (χ4n) is 2.58. The molecule has 2 aromatic carbocycles. The first-order valence-corrected chi connectivity index (χ1v) is 7.35. The van der Waals surface area contributed by atoms with E-state index in [0.29, 0.717) is 5.69 Å². The number of carbonyl (C=O) groups is 1. The molecule has 0 bridgehead atoms. The number of carboxylic acid groups (broad SMARTS) is 1. The molecule has 5 heteroatoms. The van der Waals surface area contributed by atoms with Gasteiger partial charge in [-0.05, 0) is 43.7 Å². The molecule has 1 heterocycles. The Hall–Kier alpha value is -2.46. The topological polar surface area (TPSA) is 50.2 Å². The van der Waals surface area contributed by atoms with Gasteiger partial charge in [0.15, 0.2) is 5.82 Å². The average molecular weight is 330 g/mol. The van der Waals surface area contributed by atoms with Crippen LogP contribution in [0.15, 0.2) is 36.4 Å². The number of halogens is 2. The molecule has 23 heavy (non-hydrogen) atoms. The standard InChI is InChI=1S/C18H13ClFNO2/c1-9-3-4-10(2)12(5-9)16-8-14(18(22)23)13-6-11(19)7-15(20)17(13)21-16/h3-8H,1-2H3,(H,22,23). The molecule has 3 aromatic rings. The van der Waals surface area contributed by atoms with Crippen LogP contribution < -0.4 is 0 Å². The van der Waals surface area contributed by atoms with E-state index in [2.05, 4.69) is 4.98 Å². The van der Waals surface area contributed by atoms with Crippen molar-refractivity contribution in [1.82, 2.24) is 4.98 Å². The SMILES string of the molecule is Cc1ccc(C)c(-c2cc(C(=O)O)c3cc(Cl)cc(F)c3n2)c1. The molecule has 0 fully saturated rings. The maximum Gasteiger partial charge on any atom is 0.336 e. The van der Waals surface area contributed by atoms with E-state index in [9.17, 15) is 14.3 Å². The number of pyridine rings is 1. The first-order valence-electron chi connectivity index (χ1n) is 6.97. The maximum atomic E-state index is 14.2. The van der Waals surface area contributed by atoms with Gasteiger partial charge >= 0.3 is 5.97 Å². The van der Waals surface area contributed by atoms with Crippen LogP contribution in [0.4, 0.5) is 4.39 Å². The van der Waals surface area contributed by atoms with E-state index in [0.717, 1.165) is 22.8 Å². The highest BCUT2D eigenvalue weighted by Crippen LogP contribution is 2.30. The third kappa shape index (κ3) is 2.78. The van der Waals surface area contributed by atoms with Gasteiger partial charge in [0.25, 0.3) is 0 Å². The molecule has 0 aliphatic heterocycles. The van der Waals surface area contributed by atoms with Gasteiger partial charge in [-0.25, -0.2) is 14.2 Å². The lowest BCUT2D eigenvalue weighted by Crippen LogP contribution is -2.02. The maximum absolute atomic E-state index is 14.2. The summed E-state index contributed by atoms with van der Waals surface area (Å²) in [4.78, 5) is 15.9. The van der Waals surface area contributed by atoms with Gasteiger partial charge in [-0.3, -0.25) is 0 Å². The quantitative estimate of drug-likeness (QED) is 0.719. The first-order chi connectivity index (χ1) is 10.9. The highest BCUT2D eigenvalue weighted by molar-refractivity contribution is 6.31. The smallest absolute Gasteiger partial charge is 0.336 e. The van der Waals surface area contributed by atoms with Gasteiger partial charge in [0.1, 0.15) is 5.52 Å². The van der Waals surface area contributed by atoms with Gasteiger partial charge < -0.3 is 5.11 Å². The van der Waals surface area contributed by atoms with Gasteiger partial charge in [0.05, 0.1) is 11.3 Å². The molecule has 0 aliphatic carbocycles. The minimum Gasteiger partial charge on any atom is -0.478 e. The first kappa shape index (κ1) is 15.4. The van der Waals surface area contributed by atoms with Crippen molar-refractivity contribution >= 4 is 28.5 Å². The summed E-state index contributed by atoms with van der Waals surface area (Å²) in [6, 6.07) is 9.80. The van der Waals surface area contributed by atoms with Crippen molar-refractivity contribution in [3.8, 4) is 11.3 Å². The number of aromatic carboxylic acids is 1. The molecule has 1 aromatic heterocycles. The Labute approximate surface area is 137 Å². The second-order valence-corrected chi connectivity index (χ2v) is 5.90. The molecular formula is C18H13ClFNO2. The molecule has 0 amide bonds. The number of aryl methyl sites for hydroxylation is 2. The summed E-state index contributed by atoms with van der Waals surface area (Å²) >= 11 is 5.84. The van der Waals surface area contributed by atoms with Crippen molar-refractivity contribution in [3.05, 3.63) is 63.9 Å². The van der Waals surface area contributed by atoms with Crippen molar-refractivity contribution in [3.63, 3.8) is 0 Å².